The topological polar surface area (TPSA) is 39.7 Å². The minimum absolute atomic E-state index is 0.677. The number of hydrogen-bond donors (Lipinski definition) is 1. The smallest absolute Gasteiger partial charge is 0.376 e. The SMILES string of the molecule is CCO[SiH](OCC)OCC.C[Si](C)(C)N[Si](C)(C)C. The summed E-state index contributed by atoms with van der Waals surface area (Å²) < 4.78 is 19.4. The molecular weight excluding hydrogens is 290 g/mol. The minimum atomic E-state index is -1.73. The van der Waals surface area contributed by atoms with Crippen LogP contribution in [0.3, 0.4) is 0 Å². The molecule has 0 fully saturated rings. The van der Waals surface area contributed by atoms with E-state index in [0.29, 0.717) is 19.8 Å². The van der Waals surface area contributed by atoms with Gasteiger partial charge in [-0.15, -0.1) is 0 Å². The molecule has 0 rings (SSSR count). The van der Waals surface area contributed by atoms with E-state index >= 15 is 0 Å². The molecule has 0 aliphatic heterocycles. The average Bonchev–Trinajstić information content (AvgIpc) is 2.13. The molecule has 0 saturated carbocycles. The second-order valence-corrected chi connectivity index (χ2v) is 17.9. The zero-order chi connectivity index (χ0) is 15.5. The fraction of sp³-hybridized carbons (Fsp3) is 1.00. The van der Waals surface area contributed by atoms with Crippen molar-refractivity contribution < 1.29 is 13.3 Å². The predicted molar refractivity (Wildman–Crippen MR) is 91.9 cm³/mol. The van der Waals surface area contributed by atoms with Crippen molar-refractivity contribution in [1.29, 1.82) is 0 Å². The average molecular weight is 326 g/mol. The van der Waals surface area contributed by atoms with E-state index in [1.54, 1.807) is 0 Å². The van der Waals surface area contributed by atoms with Crippen LogP contribution in [-0.2, 0) is 13.3 Å². The molecule has 0 atom stereocenters. The van der Waals surface area contributed by atoms with Crippen LogP contribution < -0.4 is 4.65 Å². The fourth-order valence-corrected chi connectivity index (χ4v) is 11.8. The molecule has 0 saturated heterocycles. The summed E-state index contributed by atoms with van der Waals surface area (Å²) in [6, 6.07) is 0. The molecule has 0 heterocycles. The van der Waals surface area contributed by atoms with Crippen molar-refractivity contribution in [2.24, 2.45) is 0 Å². The van der Waals surface area contributed by atoms with Crippen molar-refractivity contribution in [2.45, 2.75) is 60.1 Å². The highest BCUT2D eigenvalue weighted by molar-refractivity contribution is 6.90. The molecule has 7 heteroatoms. The molecule has 4 nitrogen and oxygen atoms in total. The highest BCUT2D eigenvalue weighted by Crippen LogP contribution is 2.02. The van der Waals surface area contributed by atoms with E-state index in [9.17, 15) is 0 Å². The summed E-state index contributed by atoms with van der Waals surface area (Å²) in [6.07, 6.45) is 0. The molecule has 118 valence electrons. The van der Waals surface area contributed by atoms with Crippen LogP contribution in [0.25, 0.3) is 0 Å². The lowest BCUT2D eigenvalue weighted by Crippen LogP contribution is -2.55. The highest BCUT2D eigenvalue weighted by Gasteiger charge is 2.22. The Hall–Kier alpha value is 0.491. The first kappa shape index (κ1) is 21.8. The summed E-state index contributed by atoms with van der Waals surface area (Å²) in [5.41, 5.74) is 0. The Labute approximate surface area is 124 Å². The Morgan fingerprint density at radius 3 is 1.05 bits per heavy atom. The van der Waals surface area contributed by atoms with Crippen molar-refractivity contribution in [3.63, 3.8) is 0 Å². The Kier molecular flexibility index (Phi) is 12.8. The van der Waals surface area contributed by atoms with Gasteiger partial charge in [-0.25, -0.2) is 0 Å². The first-order valence-corrected chi connectivity index (χ1v) is 15.6. The van der Waals surface area contributed by atoms with Gasteiger partial charge in [-0.1, -0.05) is 39.3 Å². The third-order valence-electron chi connectivity index (χ3n) is 1.66. The van der Waals surface area contributed by atoms with Gasteiger partial charge in [0.15, 0.2) is 0 Å². The minimum Gasteiger partial charge on any atom is -0.376 e. The van der Waals surface area contributed by atoms with Crippen LogP contribution in [0.15, 0.2) is 0 Å². The zero-order valence-electron chi connectivity index (χ0n) is 14.4. The van der Waals surface area contributed by atoms with Crippen LogP contribution in [-0.4, -0.2) is 45.8 Å². The van der Waals surface area contributed by atoms with E-state index in [1.165, 1.54) is 0 Å². The molecule has 0 spiro atoms. The van der Waals surface area contributed by atoms with Gasteiger partial charge in [0.25, 0.3) is 0 Å². The molecule has 0 radical (unpaired) electrons. The Bertz CT molecular complexity index is 179. The highest BCUT2D eigenvalue weighted by atomic mass is 28.4. The van der Waals surface area contributed by atoms with Crippen LogP contribution in [0.2, 0.25) is 39.3 Å². The van der Waals surface area contributed by atoms with Crippen molar-refractivity contribution in [1.82, 2.24) is 4.65 Å². The molecule has 0 unspecified atom stereocenters. The summed E-state index contributed by atoms with van der Waals surface area (Å²) in [7, 11) is -3.70. The molecule has 0 aliphatic carbocycles. The molecule has 0 aromatic rings. The number of hydrogen-bond acceptors (Lipinski definition) is 4. The largest absolute Gasteiger partial charge is 0.484 e. The number of rotatable bonds is 8. The summed E-state index contributed by atoms with van der Waals surface area (Å²) in [6.45, 7) is 22.0. The summed E-state index contributed by atoms with van der Waals surface area (Å²) in [4.78, 5) is 0. The summed E-state index contributed by atoms with van der Waals surface area (Å²) in [5, 5.41) is 0. The molecule has 0 aromatic carbocycles. The third-order valence-corrected chi connectivity index (χ3v) is 9.47. The van der Waals surface area contributed by atoms with Gasteiger partial charge < -0.3 is 17.9 Å². The Balaban J connectivity index is 0. The van der Waals surface area contributed by atoms with Crippen LogP contribution in [0, 0.1) is 0 Å². The Morgan fingerprint density at radius 1 is 0.684 bits per heavy atom. The maximum absolute atomic E-state index is 5.22. The van der Waals surface area contributed by atoms with Gasteiger partial charge in [0, 0.05) is 19.8 Å². The molecule has 1 N–H and O–H groups in total. The lowest BCUT2D eigenvalue weighted by molar-refractivity contribution is 0.107. The van der Waals surface area contributed by atoms with Gasteiger partial charge in [0.1, 0.15) is 16.5 Å². The summed E-state index contributed by atoms with van der Waals surface area (Å²) >= 11 is 0. The van der Waals surface area contributed by atoms with E-state index in [1.807, 2.05) is 20.8 Å². The first-order chi connectivity index (χ1) is 8.55. The van der Waals surface area contributed by atoms with Gasteiger partial charge in [0.05, 0.1) is 0 Å². The van der Waals surface area contributed by atoms with Gasteiger partial charge in [-0.3, -0.25) is 0 Å². The van der Waals surface area contributed by atoms with Crippen molar-refractivity contribution >= 4 is 26.0 Å². The van der Waals surface area contributed by atoms with Crippen LogP contribution in [0.1, 0.15) is 20.8 Å². The van der Waals surface area contributed by atoms with E-state index in [2.05, 4.69) is 43.9 Å². The maximum Gasteiger partial charge on any atom is 0.484 e. The summed E-state index contributed by atoms with van der Waals surface area (Å²) in [5.74, 6) is 0. The standard InChI is InChI=1S/C6H19NSi2.C6H16O3Si/c1-8(2,3)7-9(4,5)6;1-4-7-10(8-5-2)9-6-3/h7H,1-6H3;10H,4-6H2,1-3H3. The molecular formula is C12H35NO3Si3. The molecule has 0 aromatic heterocycles. The van der Waals surface area contributed by atoms with Gasteiger partial charge in [-0.2, -0.15) is 0 Å². The van der Waals surface area contributed by atoms with Crippen molar-refractivity contribution in [2.75, 3.05) is 19.8 Å². The van der Waals surface area contributed by atoms with Crippen LogP contribution >= 0.6 is 0 Å². The maximum atomic E-state index is 5.22. The van der Waals surface area contributed by atoms with Crippen LogP contribution in [0.4, 0.5) is 0 Å². The molecule has 0 bridgehead atoms. The van der Waals surface area contributed by atoms with E-state index in [-0.39, 0.29) is 0 Å². The lowest BCUT2D eigenvalue weighted by atomic mass is 10.9. The third kappa shape index (κ3) is 21.0. The van der Waals surface area contributed by atoms with Crippen molar-refractivity contribution in [3.8, 4) is 0 Å². The van der Waals surface area contributed by atoms with E-state index < -0.39 is 26.0 Å². The van der Waals surface area contributed by atoms with Gasteiger partial charge in [0.2, 0.25) is 0 Å². The van der Waals surface area contributed by atoms with E-state index in [4.69, 9.17) is 13.3 Å². The second-order valence-electron chi connectivity index (χ2n) is 6.28. The van der Waals surface area contributed by atoms with Gasteiger partial charge in [-0.05, 0) is 20.8 Å². The molecule has 0 aliphatic rings. The fourth-order valence-electron chi connectivity index (χ4n) is 1.68. The Morgan fingerprint density at radius 2 is 0.947 bits per heavy atom. The van der Waals surface area contributed by atoms with Crippen molar-refractivity contribution in [3.05, 3.63) is 0 Å². The normalized spacial score (nSPS) is 12.3. The lowest BCUT2D eigenvalue weighted by Gasteiger charge is -2.28. The quantitative estimate of drug-likeness (QED) is 0.696. The zero-order valence-corrected chi connectivity index (χ0v) is 17.6. The molecule has 19 heavy (non-hydrogen) atoms. The van der Waals surface area contributed by atoms with Gasteiger partial charge >= 0.3 is 9.53 Å². The predicted octanol–water partition coefficient (Wildman–Crippen LogP) is 3.06. The monoisotopic (exact) mass is 325 g/mol. The first-order valence-electron chi connectivity index (χ1n) is 7.19. The number of nitrogens with one attached hydrogen (secondary N) is 1. The second kappa shape index (κ2) is 11.2. The van der Waals surface area contributed by atoms with E-state index in [0.717, 1.165) is 0 Å². The van der Waals surface area contributed by atoms with Crippen LogP contribution in [0.5, 0.6) is 0 Å². The molecule has 0 amide bonds.